The molecule has 1 heterocycles. The molecule has 0 spiro atoms. The molecule has 1 saturated heterocycles. The van der Waals surface area contributed by atoms with E-state index in [1.54, 1.807) is 11.8 Å². The molecule has 2 N–H and O–H groups in total. The molecule has 0 radical (unpaired) electrons. The fraction of sp³-hybridized carbons (Fsp3) is 0.600. The van der Waals surface area contributed by atoms with Crippen molar-refractivity contribution in [2.45, 2.75) is 13.0 Å². The smallest absolute Gasteiger partial charge is 0.244 e. The highest BCUT2D eigenvalue weighted by Crippen LogP contribution is 1.97. The molecule has 1 fully saturated rings. The Morgan fingerprint density at radius 1 is 1.47 bits per heavy atom. The second-order valence-electron chi connectivity index (χ2n) is 3.51. The molecule has 0 aromatic rings. The molecule has 1 unspecified atom stereocenters. The van der Waals surface area contributed by atoms with Gasteiger partial charge in [-0.1, -0.05) is 6.58 Å². The Kier molecular flexibility index (Phi) is 4.30. The van der Waals surface area contributed by atoms with Crippen LogP contribution in [0.4, 0.5) is 0 Å². The van der Waals surface area contributed by atoms with Gasteiger partial charge in [-0.05, 0) is 13.0 Å². The van der Waals surface area contributed by atoms with Gasteiger partial charge in [0.1, 0.15) is 6.04 Å². The third-order valence-corrected chi connectivity index (χ3v) is 2.34. The van der Waals surface area contributed by atoms with Crippen LogP contribution < -0.4 is 10.6 Å². The van der Waals surface area contributed by atoms with Gasteiger partial charge in [-0.2, -0.15) is 0 Å². The van der Waals surface area contributed by atoms with Crippen LogP contribution in [-0.2, 0) is 9.59 Å². The van der Waals surface area contributed by atoms with E-state index in [0.29, 0.717) is 13.1 Å². The topological polar surface area (TPSA) is 61.4 Å². The van der Waals surface area contributed by atoms with Crippen molar-refractivity contribution in [3.63, 3.8) is 0 Å². The number of hydrogen-bond donors (Lipinski definition) is 2. The van der Waals surface area contributed by atoms with Crippen molar-refractivity contribution in [3.8, 4) is 0 Å². The van der Waals surface area contributed by atoms with E-state index in [1.165, 1.54) is 6.08 Å². The van der Waals surface area contributed by atoms with Gasteiger partial charge in [0, 0.05) is 26.2 Å². The van der Waals surface area contributed by atoms with Crippen molar-refractivity contribution in [2.24, 2.45) is 0 Å². The maximum Gasteiger partial charge on any atom is 0.244 e. The number of rotatable bonds is 3. The molecule has 0 aromatic heterocycles. The summed E-state index contributed by atoms with van der Waals surface area (Å²) in [5.41, 5.74) is 0. The highest BCUT2D eigenvalue weighted by Gasteiger charge is 2.22. The molecule has 84 valence electrons. The molecule has 0 aromatic carbocycles. The van der Waals surface area contributed by atoms with Gasteiger partial charge in [0.2, 0.25) is 11.8 Å². The number of carbonyl (C=O) groups is 2. The zero-order chi connectivity index (χ0) is 11.3. The first kappa shape index (κ1) is 11.7. The van der Waals surface area contributed by atoms with Crippen molar-refractivity contribution >= 4 is 11.8 Å². The molecule has 5 heteroatoms. The summed E-state index contributed by atoms with van der Waals surface area (Å²) in [6, 6.07) is -0.478. The summed E-state index contributed by atoms with van der Waals surface area (Å²) in [5, 5.41) is 5.72. The zero-order valence-electron chi connectivity index (χ0n) is 8.95. The molecule has 0 bridgehead atoms. The normalized spacial score (nSPS) is 18.1. The van der Waals surface area contributed by atoms with Gasteiger partial charge in [-0.15, -0.1) is 0 Å². The first-order valence-electron chi connectivity index (χ1n) is 5.07. The van der Waals surface area contributed by atoms with Crippen molar-refractivity contribution < 1.29 is 9.59 Å². The van der Waals surface area contributed by atoms with E-state index in [9.17, 15) is 9.59 Å². The second kappa shape index (κ2) is 5.50. The quantitative estimate of drug-likeness (QED) is 0.595. The summed E-state index contributed by atoms with van der Waals surface area (Å²) >= 11 is 0. The van der Waals surface area contributed by atoms with Gasteiger partial charge in [0.15, 0.2) is 0 Å². The molecule has 1 aliphatic heterocycles. The Labute approximate surface area is 89.5 Å². The van der Waals surface area contributed by atoms with Crippen molar-refractivity contribution in [1.82, 2.24) is 15.5 Å². The lowest BCUT2D eigenvalue weighted by atomic mass is 10.2. The van der Waals surface area contributed by atoms with Crippen LogP contribution >= 0.6 is 0 Å². The molecule has 2 amide bonds. The first-order valence-corrected chi connectivity index (χ1v) is 5.07. The van der Waals surface area contributed by atoms with Crippen LogP contribution in [0.1, 0.15) is 6.92 Å². The van der Waals surface area contributed by atoms with Crippen LogP contribution in [0.15, 0.2) is 12.7 Å². The Bertz CT molecular complexity index is 259. The standard InChI is InChI=1S/C10H17N3O2/c1-3-9(14)12-8(2)10(15)13-6-4-11-5-7-13/h3,8,11H,1,4-7H2,2H3,(H,12,14). The average Bonchev–Trinajstić information content (AvgIpc) is 2.29. The van der Waals surface area contributed by atoms with Crippen LogP contribution in [0.2, 0.25) is 0 Å². The number of nitrogens with one attached hydrogen (secondary N) is 2. The number of piperazine rings is 1. The van der Waals surface area contributed by atoms with E-state index < -0.39 is 6.04 Å². The van der Waals surface area contributed by atoms with Crippen LogP contribution in [-0.4, -0.2) is 48.9 Å². The predicted octanol–water partition coefficient (Wildman–Crippen LogP) is -0.891. The van der Waals surface area contributed by atoms with Gasteiger partial charge < -0.3 is 15.5 Å². The Balaban J connectivity index is 2.43. The van der Waals surface area contributed by atoms with Gasteiger partial charge >= 0.3 is 0 Å². The van der Waals surface area contributed by atoms with E-state index >= 15 is 0 Å². The molecular formula is C10H17N3O2. The Morgan fingerprint density at radius 3 is 2.60 bits per heavy atom. The van der Waals surface area contributed by atoms with E-state index in [0.717, 1.165) is 13.1 Å². The Hall–Kier alpha value is -1.36. The fourth-order valence-corrected chi connectivity index (χ4v) is 1.49. The SMILES string of the molecule is C=CC(=O)NC(C)C(=O)N1CCNCC1. The lowest BCUT2D eigenvalue weighted by molar-refractivity contribution is -0.135. The molecule has 1 aliphatic rings. The van der Waals surface area contributed by atoms with Gasteiger partial charge in [-0.25, -0.2) is 0 Å². The van der Waals surface area contributed by atoms with Crippen LogP contribution in [0.25, 0.3) is 0 Å². The van der Waals surface area contributed by atoms with Gasteiger partial charge in [0.25, 0.3) is 0 Å². The minimum atomic E-state index is -0.478. The second-order valence-corrected chi connectivity index (χ2v) is 3.51. The van der Waals surface area contributed by atoms with Gasteiger partial charge in [-0.3, -0.25) is 9.59 Å². The molecular weight excluding hydrogens is 194 g/mol. The highest BCUT2D eigenvalue weighted by molar-refractivity contribution is 5.92. The van der Waals surface area contributed by atoms with E-state index in [1.807, 2.05) is 0 Å². The van der Waals surface area contributed by atoms with Crippen molar-refractivity contribution in [1.29, 1.82) is 0 Å². The number of carbonyl (C=O) groups excluding carboxylic acids is 2. The van der Waals surface area contributed by atoms with Crippen molar-refractivity contribution in [3.05, 3.63) is 12.7 Å². The van der Waals surface area contributed by atoms with Crippen LogP contribution in [0.5, 0.6) is 0 Å². The minimum Gasteiger partial charge on any atom is -0.341 e. The predicted molar refractivity (Wildman–Crippen MR) is 57.3 cm³/mol. The summed E-state index contributed by atoms with van der Waals surface area (Å²) in [4.78, 5) is 24.6. The summed E-state index contributed by atoms with van der Waals surface area (Å²) in [6.07, 6.45) is 1.17. The first-order chi connectivity index (χ1) is 7.15. The molecule has 0 saturated carbocycles. The van der Waals surface area contributed by atoms with Gasteiger partial charge in [0.05, 0.1) is 0 Å². The number of amides is 2. The third-order valence-electron chi connectivity index (χ3n) is 2.34. The summed E-state index contributed by atoms with van der Waals surface area (Å²) in [5.74, 6) is -0.349. The molecule has 1 rings (SSSR count). The largest absolute Gasteiger partial charge is 0.341 e. The Morgan fingerprint density at radius 2 is 2.07 bits per heavy atom. The van der Waals surface area contributed by atoms with E-state index in [-0.39, 0.29) is 11.8 Å². The highest BCUT2D eigenvalue weighted by atomic mass is 16.2. The molecule has 15 heavy (non-hydrogen) atoms. The fourth-order valence-electron chi connectivity index (χ4n) is 1.49. The molecule has 5 nitrogen and oxygen atoms in total. The average molecular weight is 211 g/mol. The van der Waals surface area contributed by atoms with Crippen LogP contribution in [0, 0.1) is 0 Å². The molecule has 0 aliphatic carbocycles. The summed E-state index contributed by atoms with van der Waals surface area (Å²) in [6.45, 7) is 8.05. The lowest BCUT2D eigenvalue weighted by Gasteiger charge is -2.29. The third kappa shape index (κ3) is 3.36. The van der Waals surface area contributed by atoms with Crippen molar-refractivity contribution in [2.75, 3.05) is 26.2 Å². The lowest BCUT2D eigenvalue weighted by Crippen LogP contribution is -2.52. The summed E-state index contributed by atoms with van der Waals surface area (Å²) in [7, 11) is 0. The maximum atomic E-state index is 11.8. The zero-order valence-corrected chi connectivity index (χ0v) is 8.95. The summed E-state index contributed by atoms with van der Waals surface area (Å²) < 4.78 is 0. The minimum absolute atomic E-state index is 0.0355. The molecule has 1 atom stereocenters. The monoisotopic (exact) mass is 211 g/mol. The van der Waals surface area contributed by atoms with E-state index in [2.05, 4.69) is 17.2 Å². The maximum absolute atomic E-state index is 11.8. The number of nitrogens with zero attached hydrogens (tertiary/aromatic N) is 1. The van der Waals surface area contributed by atoms with Crippen LogP contribution in [0.3, 0.4) is 0 Å². The number of hydrogen-bond acceptors (Lipinski definition) is 3. The van der Waals surface area contributed by atoms with E-state index in [4.69, 9.17) is 0 Å².